The van der Waals surface area contributed by atoms with Crippen molar-refractivity contribution in [3.63, 3.8) is 0 Å². The van der Waals surface area contributed by atoms with Gasteiger partial charge in [0, 0.05) is 0 Å². The molecule has 0 aromatic carbocycles. The van der Waals surface area contributed by atoms with Gasteiger partial charge in [0.25, 0.3) is 0 Å². The minimum absolute atomic E-state index is 0.186. The third-order valence-electron chi connectivity index (χ3n) is 1.79. The molecule has 1 rings (SSSR count). The van der Waals surface area contributed by atoms with E-state index in [-0.39, 0.29) is 13.2 Å². The predicted octanol–water partition coefficient (Wildman–Crippen LogP) is 1.11. The van der Waals surface area contributed by atoms with Gasteiger partial charge in [-0.1, -0.05) is 0 Å². The summed E-state index contributed by atoms with van der Waals surface area (Å²) in [6.07, 6.45) is -0.679. The van der Waals surface area contributed by atoms with Gasteiger partial charge in [0.15, 0.2) is 0 Å². The Bertz CT molecular complexity index is 266. The Hall–Kier alpha value is -0.460. The number of rotatable bonds is 5. The second kappa shape index (κ2) is 3.84. The normalized spacial score (nSPS) is 25.3. The SMILES string of the molecule is CCOP1(O)(OCC)OC(=O)N1N(C)C. The van der Waals surface area contributed by atoms with E-state index < -0.39 is 13.8 Å². The van der Waals surface area contributed by atoms with Crippen LogP contribution in [0.4, 0.5) is 4.79 Å². The zero-order chi connectivity index (χ0) is 11.7. The number of nitrogens with zero attached hydrogens (tertiary/aromatic N) is 2. The molecule has 1 aliphatic rings. The van der Waals surface area contributed by atoms with Crippen LogP contribution >= 0.6 is 7.66 Å². The molecule has 0 spiro atoms. The van der Waals surface area contributed by atoms with Gasteiger partial charge >= 0.3 is 88.0 Å². The fourth-order valence-electron chi connectivity index (χ4n) is 1.42. The molecule has 0 aromatic rings. The van der Waals surface area contributed by atoms with E-state index in [1.54, 1.807) is 27.9 Å². The molecule has 7 nitrogen and oxygen atoms in total. The van der Waals surface area contributed by atoms with Gasteiger partial charge in [0.05, 0.1) is 0 Å². The first-order chi connectivity index (χ1) is 6.88. The quantitative estimate of drug-likeness (QED) is 0.726. The van der Waals surface area contributed by atoms with E-state index in [0.29, 0.717) is 0 Å². The van der Waals surface area contributed by atoms with Crippen LogP contribution in [-0.2, 0) is 13.6 Å². The van der Waals surface area contributed by atoms with E-state index in [9.17, 15) is 9.69 Å². The Labute approximate surface area is 88.8 Å². The van der Waals surface area contributed by atoms with E-state index >= 15 is 0 Å². The van der Waals surface area contributed by atoms with Crippen molar-refractivity contribution in [3.05, 3.63) is 0 Å². The molecule has 0 bridgehead atoms. The topological polar surface area (TPSA) is 71.5 Å². The number of carbonyl (C=O) groups excluding carboxylic acids is 1. The fraction of sp³-hybridized carbons (Fsp3) is 0.857. The number of hydrogen-bond acceptors (Lipinski definition) is 6. The standard InChI is InChI=1S/C7H17N2O5P/c1-5-12-15(11,13-6-2)9(8(3)4)7(10)14-15/h11H,5-6H2,1-4H3. The number of amides is 1. The number of hydrazine groups is 1. The molecule has 0 aromatic heterocycles. The molecule has 1 aliphatic heterocycles. The summed E-state index contributed by atoms with van der Waals surface area (Å²) in [6.45, 7) is 3.74. The summed E-state index contributed by atoms with van der Waals surface area (Å²) >= 11 is 0. The van der Waals surface area contributed by atoms with Gasteiger partial charge < -0.3 is 0 Å². The monoisotopic (exact) mass is 240 g/mol. The van der Waals surface area contributed by atoms with Crippen molar-refractivity contribution in [3.8, 4) is 0 Å². The Morgan fingerprint density at radius 1 is 1.40 bits per heavy atom. The van der Waals surface area contributed by atoms with Crippen molar-refractivity contribution in [2.45, 2.75) is 13.8 Å². The Morgan fingerprint density at radius 3 is 2.13 bits per heavy atom. The first kappa shape index (κ1) is 12.6. The molecule has 1 fully saturated rings. The maximum absolute atomic E-state index is 11.2. The van der Waals surface area contributed by atoms with Crippen molar-refractivity contribution in [1.82, 2.24) is 9.79 Å². The first-order valence-electron chi connectivity index (χ1n) is 4.67. The van der Waals surface area contributed by atoms with Gasteiger partial charge in [-0.15, -0.1) is 0 Å². The molecule has 0 atom stereocenters. The van der Waals surface area contributed by atoms with Gasteiger partial charge in [-0.25, -0.2) is 0 Å². The van der Waals surface area contributed by atoms with Crippen molar-refractivity contribution in [2.24, 2.45) is 0 Å². The first-order valence-corrected chi connectivity index (χ1v) is 6.56. The van der Waals surface area contributed by atoms with E-state index in [0.717, 1.165) is 4.78 Å². The summed E-state index contributed by atoms with van der Waals surface area (Å²) < 4.78 is 16.0. The predicted molar refractivity (Wildman–Crippen MR) is 54.4 cm³/mol. The van der Waals surface area contributed by atoms with Crippen LogP contribution < -0.4 is 0 Å². The Morgan fingerprint density at radius 2 is 1.87 bits per heavy atom. The van der Waals surface area contributed by atoms with Crippen LogP contribution in [0.25, 0.3) is 0 Å². The molecule has 1 heterocycles. The van der Waals surface area contributed by atoms with Crippen molar-refractivity contribution in [2.75, 3.05) is 27.3 Å². The minimum atomic E-state index is -4.37. The van der Waals surface area contributed by atoms with E-state index in [1.165, 1.54) is 5.01 Å². The summed E-state index contributed by atoms with van der Waals surface area (Å²) in [4.78, 5) is 21.5. The molecule has 1 amide bonds. The fourth-order valence-corrected chi connectivity index (χ4v) is 3.92. The van der Waals surface area contributed by atoms with Gasteiger partial charge in [-0.2, -0.15) is 0 Å². The van der Waals surface area contributed by atoms with Gasteiger partial charge in [0.2, 0.25) is 0 Å². The van der Waals surface area contributed by atoms with Crippen LogP contribution in [0.2, 0.25) is 0 Å². The van der Waals surface area contributed by atoms with Crippen LogP contribution in [0.5, 0.6) is 0 Å². The summed E-state index contributed by atoms with van der Waals surface area (Å²) in [6, 6.07) is 0. The molecular weight excluding hydrogens is 223 g/mol. The van der Waals surface area contributed by atoms with Gasteiger partial charge in [-0.3, -0.25) is 0 Å². The summed E-state index contributed by atoms with van der Waals surface area (Å²) in [7, 11) is -1.18. The number of hydrogen-bond donors (Lipinski definition) is 1. The molecule has 8 heteroatoms. The van der Waals surface area contributed by atoms with E-state index in [1.807, 2.05) is 0 Å². The van der Waals surface area contributed by atoms with E-state index in [4.69, 9.17) is 13.6 Å². The molecule has 1 N–H and O–H groups in total. The maximum atomic E-state index is 11.2. The number of carbonyl (C=O) groups is 1. The van der Waals surface area contributed by atoms with Crippen LogP contribution in [0.3, 0.4) is 0 Å². The second-order valence-electron chi connectivity index (χ2n) is 3.13. The molecule has 1 saturated heterocycles. The van der Waals surface area contributed by atoms with E-state index in [2.05, 4.69) is 0 Å². The summed E-state index contributed by atoms with van der Waals surface area (Å²) in [5.74, 6) is 0. The third-order valence-corrected chi connectivity index (χ3v) is 4.82. The molecule has 0 saturated carbocycles. The van der Waals surface area contributed by atoms with Crippen LogP contribution in [0, 0.1) is 0 Å². The summed E-state index contributed by atoms with van der Waals surface area (Å²) in [5, 5.41) is 1.38. The van der Waals surface area contributed by atoms with Crippen molar-refractivity contribution < 1.29 is 23.3 Å². The molecule has 0 unspecified atom stereocenters. The Balaban J connectivity index is 2.97. The molecule has 0 aliphatic carbocycles. The molecule has 0 radical (unpaired) electrons. The zero-order valence-corrected chi connectivity index (χ0v) is 10.2. The zero-order valence-electron chi connectivity index (χ0n) is 9.34. The van der Waals surface area contributed by atoms with Crippen molar-refractivity contribution >= 4 is 13.8 Å². The van der Waals surface area contributed by atoms with Crippen molar-refractivity contribution in [1.29, 1.82) is 0 Å². The van der Waals surface area contributed by atoms with Gasteiger partial charge in [0.1, 0.15) is 0 Å². The average molecular weight is 240 g/mol. The average Bonchev–Trinajstić information content (AvgIpc) is 2.01. The molecule has 15 heavy (non-hydrogen) atoms. The van der Waals surface area contributed by atoms with Crippen LogP contribution in [0.15, 0.2) is 0 Å². The Kier molecular flexibility index (Phi) is 3.23. The summed E-state index contributed by atoms with van der Waals surface area (Å²) in [5.41, 5.74) is 0. The molecule has 90 valence electrons. The van der Waals surface area contributed by atoms with Crippen LogP contribution in [0.1, 0.15) is 13.8 Å². The second-order valence-corrected chi connectivity index (χ2v) is 5.82. The third kappa shape index (κ3) is 1.81. The molecular formula is C7H17N2O5P. The van der Waals surface area contributed by atoms with Gasteiger partial charge in [-0.05, 0) is 0 Å². The van der Waals surface area contributed by atoms with Crippen LogP contribution in [-0.4, -0.2) is 48.1 Å².